The summed E-state index contributed by atoms with van der Waals surface area (Å²) >= 11 is 0. The molecule has 1 heterocycles. The molecule has 0 bridgehead atoms. The second-order valence-corrected chi connectivity index (χ2v) is 6.92. The highest BCUT2D eigenvalue weighted by Gasteiger charge is 2.13. The number of nitrogens with zero attached hydrogens (tertiary/aromatic N) is 2. The molecule has 6 heteroatoms. The zero-order valence-corrected chi connectivity index (χ0v) is 17.1. The van der Waals surface area contributed by atoms with Crippen molar-refractivity contribution in [3.8, 4) is 5.75 Å². The van der Waals surface area contributed by atoms with Crippen LogP contribution in [0, 0.1) is 5.92 Å². The third-order valence-electron chi connectivity index (χ3n) is 4.68. The van der Waals surface area contributed by atoms with Gasteiger partial charge in [-0.2, -0.15) is 0 Å². The molecule has 1 saturated heterocycles. The Hall–Kier alpha value is -1.79. The summed E-state index contributed by atoms with van der Waals surface area (Å²) < 4.78 is 16.4. The number of hydrogen-bond donors (Lipinski definition) is 1. The number of hydrogen-bond acceptors (Lipinski definition) is 4. The smallest absolute Gasteiger partial charge is 0.193 e. The highest BCUT2D eigenvalue weighted by Crippen LogP contribution is 2.15. The lowest BCUT2D eigenvalue weighted by molar-refractivity contribution is 0.0205. The molecule has 0 atom stereocenters. The van der Waals surface area contributed by atoms with Crippen LogP contribution in [0.4, 0.5) is 0 Å². The van der Waals surface area contributed by atoms with Gasteiger partial charge in [-0.1, -0.05) is 12.1 Å². The molecule has 0 spiro atoms. The molecule has 0 saturated carbocycles. The number of rotatable bonds is 10. The molecule has 152 valence electrons. The van der Waals surface area contributed by atoms with E-state index in [-0.39, 0.29) is 0 Å². The van der Waals surface area contributed by atoms with Gasteiger partial charge in [0, 0.05) is 53.1 Å². The minimum Gasteiger partial charge on any atom is -0.497 e. The van der Waals surface area contributed by atoms with Crippen molar-refractivity contribution in [1.29, 1.82) is 0 Å². The molecule has 1 aromatic carbocycles. The van der Waals surface area contributed by atoms with E-state index in [1.54, 1.807) is 7.11 Å². The largest absolute Gasteiger partial charge is 0.497 e. The van der Waals surface area contributed by atoms with Crippen LogP contribution in [0.25, 0.3) is 0 Å². The summed E-state index contributed by atoms with van der Waals surface area (Å²) in [5, 5.41) is 3.36. The van der Waals surface area contributed by atoms with Gasteiger partial charge in [0.2, 0.25) is 0 Å². The first-order valence-electron chi connectivity index (χ1n) is 10.0. The average Bonchev–Trinajstić information content (AvgIpc) is 2.71. The van der Waals surface area contributed by atoms with Crippen molar-refractivity contribution in [2.45, 2.75) is 32.7 Å². The van der Waals surface area contributed by atoms with Crippen LogP contribution in [0.5, 0.6) is 5.75 Å². The van der Waals surface area contributed by atoms with Crippen LogP contribution in [-0.2, 0) is 16.0 Å². The van der Waals surface area contributed by atoms with Gasteiger partial charge in [0.15, 0.2) is 5.96 Å². The van der Waals surface area contributed by atoms with E-state index in [2.05, 4.69) is 36.3 Å². The second-order valence-electron chi connectivity index (χ2n) is 6.92. The van der Waals surface area contributed by atoms with Crippen LogP contribution in [0.15, 0.2) is 29.3 Å². The zero-order valence-electron chi connectivity index (χ0n) is 17.1. The Morgan fingerprint density at radius 1 is 1.26 bits per heavy atom. The molecule has 1 N–H and O–H groups in total. The molecular formula is C21H35N3O3. The number of benzene rings is 1. The summed E-state index contributed by atoms with van der Waals surface area (Å²) in [7, 11) is 3.75. The fourth-order valence-corrected chi connectivity index (χ4v) is 3.06. The summed E-state index contributed by atoms with van der Waals surface area (Å²) in [6.45, 7) is 7.89. The zero-order chi connectivity index (χ0) is 19.3. The van der Waals surface area contributed by atoms with Gasteiger partial charge in [-0.05, 0) is 49.8 Å². The third-order valence-corrected chi connectivity index (χ3v) is 4.68. The molecule has 6 nitrogen and oxygen atoms in total. The fraction of sp³-hybridized carbons (Fsp3) is 0.667. The van der Waals surface area contributed by atoms with Crippen LogP contribution >= 0.6 is 0 Å². The molecule has 0 aliphatic carbocycles. The Morgan fingerprint density at radius 3 is 2.67 bits per heavy atom. The van der Waals surface area contributed by atoms with Crippen LogP contribution in [0.2, 0.25) is 0 Å². The van der Waals surface area contributed by atoms with E-state index in [9.17, 15) is 0 Å². The van der Waals surface area contributed by atoms with Gasteiger partial charge in [-0.15, -0.1) is 0 Å². The quantitative estimate of drug-likeness (QED) is 0.386. The van der Waals surface area contributed by atoms with Gasteiger partial charge in [0.05, 0.1) is 7.11 Å². The lowest BCUT2D eigenvalue weighted by atomic mass is 10.0. The van der Waals surface area contributed by atoms with Gasteiger partial charge in [-0.25, -0.2) is 0 Å². The topological polar surface area (TPSA) is 55.3 Å². The van der Waals surface area contributed by atoms with Crippen molar-refractivity contribution < 1.29 is 14.2 Å². The van der Waals surface area contributed by atoms with E-state index in [0.717, 1.165) is 77.0 Å². The maximum absolute atomic E-state index is 5.82. The van der Waals surface area contributed by atoms with E-state index < -0.39 is 0 Å². The molecule has 1 aliphatic rings. The molecule has 1 aromatic rings. The minimum atomic E-state index is 0.662. The Balaban J connectivity index is 1.71. The number of nitrogens with one attached hydrogen (secondary N) is 1. The number of ether oxygens (including phenoxy) is 3. The van der Waals surface area contributed by atoms with Gasteiger partial charge >= 0.3 is 0 Å². The summed E-state index contributed by atoms with van der Waals surface area (Å²) in [4.78, 5) is 6.88. The SMILES string of the molecule is CCNC(=NCCCOCC1CCOCC1)N(C)Cc1ccc(OC)cc1. The van der Waals surface area contributed by atoms with Crippen molar-refractivity contribution in [3.63, 3.8) is 0 Å². The van der Waals surface area contributed by atoms with Crippen molar-refractivity contribution in [3.05, 3.63) is 29.8 Å². The molecule has 0 amide bonds. The van der Waals surface area contributed by atoms with Crippen LogP contribution in [-0.4, -0.2) is 64.5 Å². The fourth-order valence-electron chi connectivity index (χ4n) is 3.06. The predicted molar refractivity (Wildman–Crippen MR) is 109 cm³/mol. The van der Waals surface area contributed by atoms with Crippen molar-refractivity contribution in [2.75, 3.05) is 53.7 Å². The summed E-state index contributed by atoms with van der Waals surface area (Å²) in [6.07, 6.45) is 3.19. The summed E-state index contributed by atoms with van der Waals surface area (Å²) in [5.41, 5.74) is 1.23. The van der Waals surface area contributed by atoms with Crippen LogP contribution < -0.4 is 10.1 Å². The highest BCUT2D eigenvalue weighted by molar-refractivity contribution is 5.79. The summed E-state index contributed by atoms with van der Waals surface area (Å²) in [5.74, 6) is 2.47. The second kappa shape index (κ2) is 12.6. The molecule has 1 aliphatic heterocycles. The molecule has 0 unspecified atom stereocenters. The molecule has 27 heavy (non-hydrogen) atoms. The first-order chi connectivity index (χ1) is 13.2. The highest BCUT2D eigenvalue weighted by atomic mass is 16.5. The maximum Gasteiger partial charge on any atom is 0.193 e. The van der Waals surface area contributed by atoms with E-state index in [0.29, 0.717) is 5.92 Å². The molecule has 0 aromatic heterocycles. The maximum atomic E-state index is 5.82. The lowest BCUT2D eigenvalue weighted by Crippen LogP contribution is -2.38. The lowest BCUT2D eigenvalue weighted by Gasteiger charge is -2.22. The Morgan fingerprint density at radius 2 is 2.00 bits per heavy atom. The molecular weight excluding hydrogens is 342 g/mol. The Labute approximate surface area is 163 Å². The molecule has 1 fully saturated rings. The Bertz CT molecular complexity index is 542. The first-order valence-corrected chi connectivity index (χ1v) is 10.0. The van der Waals surface area contributed by atoms with Gasteiger partial charge in [0.1, 0.15) is 5.75 Å². The standard InChI is InChI=1S/C21H35N3O3/c1-4-22-21(24(2)16-18-6-8-20(25-3)9-7-18)23-12-5-13-27-17-19-10-14-26-15-11-19/h6-9,19H,4-5,10-17H2,1-3H3,(H,22,23). The molecule has 0 radical (unpaired) electrons. The number of aliphatic imine (C=N–C) groups is 1. The van der Waals surface area contributed by atoms with Crippen LogP contribution in [0.3, 0.4) is 0 Å². The van der Waals surface area contributed by atoms with Crippen molar-refractivity contribution in [1.82, 2.24) is 10.2 Å². The first kappa shape index (κ1) is 21.5. The van der Waals surface area contributed by atoms with Crippen LogP contribution in [0.1, 0.15) is 31.7 Å². The third kappa shape index (κ3) is 8.18. The van der Waals surface area contributed by atoms with Crippen molar-refractivity contribution >= 4 is 5.96 Å². The average molecular weight is 378 g/mol. The minimum absolute atomic E-state index is 0.662. The normalized spacial score (nSPS) is 15.6. The van der Waals surface area contributed by atoms with Gasteiger partial charge in [-0.3, -0.25) is 4.99 Å². The number of methoxy groups -OCH3 is 1. The number of guanidine groups is 1. The van der Waals surface area contributed by atoms with Crippen molar-refractivity contribution in [2.24, 2.45) is 10.9 Å². The van der Waals surface area contributed by atoms with Gasteiger partial charge < -0.3 is 24.4 Å². The van der Waals surface area contributed by atoms with Gasteiger partial charge in [0.25, 0.3) is 0 Å². The Kier molecular flexibility index (Phi) is 10.0. The predicted octanol–water partition coefficient (Wildman–Crippen LogP) is 2.93. The van der Waals surface area contributed by atoms with E-state index in [4.69, 9.17) is 19.2 Å². The van der Waals surface area contributed by atoms with E-state index in [1.807, 2.05) is 12.1 Å². The molecule has 2 rings (SSSR count). The summed E-state index contributed by atoms with van der Waals surface area (Å²) in [6, 6.07) is 8.15. The van der Waals surface area contributed by atoms with E-state index in [1.165, 1.54) is 5.56 Å². The monoisotopic (exact) mass is 377 g/mol. The van der Waals surface area contributed by atoms with E-state index >= 15 is 0 Å².